The molecule has 0 amide bonds. The molecule has 0 saturated carbocycles. The van der Waals surface area contributed by atoms with Crippen LogP contribution in [0.3, 0.4) is 0 Å². The van der Waals surface area contributed by atoms with Gasteiger partial charge < -0.3 is 9.31 Å². The fraction of sp³-hybridized carbons (Fsp3) is 1.00. The molecule has 1 heterocycles. The molecule has 3 nitrogen and oxygen atoms in total. The van der Waals surface area contributed by atoms with Crippen LogP contribution in [-0.4, -0.2) is 24.8 Å². The Morgan fingerprint density at radius 2 is 1.58 bits per heavy atom. The third-order valence-corrected chi connectivity index (χ3v) is 2.70. The molecular formula is C7H15BClNO2. The normalized spacial score (nSPS) is 26.2. The highest BCUT2D eigenvalue weighted by Gasteiger charge is 2.50. The van der Waals surface area contributed by atoms with Crippen LogP contribution in [0.25, 0.3) is 0 Å². The van der Waals surface area contributed by atoms with Crippen molar-refractivity contribution in [1.29, 1.82) is 0 Å². The number of halogens is 1. The van der Waals surface area contributed by atoms with Crippen LogP contribution >= 0.6 is 11.8 Å². The molecule has 0 aromatic carbocycles. The van der Waals surface area contributed by atoms with E-state index in [9.17, 15) is 0 Å². The largest absolute Gasteiger partial charge is 0.474 e. The van der Waals surface area contributed by atoms with E-state index < -0.39 is 0 Å². The van der Waals surface area contributed by atoms with Crippen molar-refractivity contribution in [1.82, 2.24) is 4.84 Å². The number of nitrogens with one attached hydrogen (secondary N) is 1. The summed E-state index contributed by atoms with van der Waals surface area (Å²) in [6.45, 7) is 8.06. The van der Waals surface area contributed by atoms with E-state index in [1.807, 2.05) is 27.7 Å². The molecule has 1 N–H and O–H groups in total. The van der Waals surface area contributed by atoms with Crippen molar-refractivity contribution in [2.75, 3.05) is 6.44 Å². The molecule has 1 aliphatic heterocycles. The Kier molecular flexibility index (Phi) is 2.73. The average Bonchev–Trinajstić information content (AvgIpc) is 2.02. The molecule has 0 aromatic rings. The van der Waals surface area contributed by atoms with Crippen LogP contribution in [0.4, 0.5) is 0 Å². The Balaban J connectivity index is 2.61. The molecule has 0 unspecified atom stereocenters. The average molecular weight is 191 g/mol. The van der Waals surface area contributed by atoms with Gasteiger partial charge in [0.25, 0.3) is 0 Å². The van der Waals surface area contributed by atoms with Gasteiger partial charge in [-0.15, -0.1) is 0 Å². The van der Waals surface area contributed by atoms with Crippen LogP contribution in [0, 0.1) is 0 Å². The fourth-order valence-electron chi connectivity index (χ4n) is 1.11. The Morgan fingerprint density at radius 3 is 1.92 bits per heavy atom. The van der Waals surface area contributed by atoms with Crippen LogP contribution in [0.1, 0.15) is 27.7 Å². The summed E-state index contributed by atoms with van der Waals surface area (Å²) in [6, 6.07) is 0. The van der Waals surface area contributed by atoms with Gasteiger partial charge in [0.15, 0.2) is 0 Å². The summed E-state index contributed by atoms with van der Waals surface area (Å²) in [6.07, 6.45) is 0.508. The predicted octanol–water partition coefficient (Wildman–Crippen LogP) is 1.36. The van der Waals surface area contributed by atoms with Gasteiger partial charge in [-0.05, 0) is 39.5 Å². The number of hydrogen-bond acceptors (Lipinski definition) is 3. The van der Waals surface area contributed by atoms with Crippen molar-refractivity contribution in [2.24, 2.45) is 0 Å². The summed E-state index contributed by atoms with van der Waals surface area (Å²) in [4.78, 5) is 2.51. The SMILES string of the molecule is CC1(C)OB(CNCl)OC1(C)C. The second kappa shape index (κ2) is 3.18. The monoisotopic (exact) mass is 191 g/mol. The van der Waals surface area contributed by atoms with E-state index in [1.54, 1.807) is 0 Å². The van der Waals surface area contributed by atoms with Crippen molar-refractivity contribution in [3.63, 3.8) is 0 Å². The van der Waals surface area contributed by atoms with E-state index in [2.05, 4.69) is 4.84 Å². The lowest BCUT2D eigenvalue weighted by atomic mass is 9.90. The van der Waals surface area contributed by atoms with Gasteiger partial charge in [-0.25, -0.2) is 4.84 Å². The van der Waals surface area contributed by atoms with Crippen molar-refractivity contribution in [2.45, 2.75) is 38.9 Å². The second-order valence-corrected chi connectivity index (χ2v) is 4.29. The molecule has 12 heavy (non-hydrogen) atoms. The van der Waals surface area contributed by atoms with E-state index in [-0.39, 0.29) is 18.3 Å². The first-order valence-electron chi connectivity index (χ1n) is 4.08. The maximum atomic E-state index is 5.64. The van der Waals surface area contributed by atoms with Crippen molar-refractivity contribution >= 4 is 18.9 Å². The predicted molar refractivity (Wildman–Crippen MR) is 49.9 cm³/mol. The van der Waals surface area contributed by atoms with E-state index in [1.165, 1.54) is 0 Å². The lowest BCUT2D eigenvalue weighted by Gasteiger charge is -2.32. The summed E-state index contributed by atoms with van der Waals surface area (Å²) in [5, 5.41) is 0. The highest BCUT2D eigenvalue weighted by Crippen LogP contribution is 2.36. The quantitative estimate of drug-likeness (QED) is 0.528. The molecule has 0 spiro atoms. The lowest BCUT2D eigenvalue weighted by molar-refractivity contribution is 0.00578. The Hall–Kier alpha value is 0.235. The zero-order valence-corrected chi connectivity index (χ0v) is 8.73. The standard InChI is InChI=1S/C7H15BClNO2/c1-6(2)7(3,4)12-8(11-6)5-10-9/h10H,5H2,1-4H3. The van der Waals surface area contributed by atoms with E-state index in [0.29, 0.717) is 6.44 Å². The van der Waals surface area contributed by atoms with Crippen LogP contribution in [0.5, 0.6) is 0 Å². The van der Waals surface area contributed by atoms with Gasteiger partial charge in [0.2, 0.25) is 0 Å². The maximum Gasteiger partial charge on any atom is 0.474 e. The van der Waals surface area contributed by atoms with Crippen LogP contribution in [0.15, 0.2) is 0 Å². The van der Waals surface area contributed by atoms with Gasteiger partial charge in [-0.3, -0.25) is 0 Å². The first-order chi connectivity index (χ1) is 5.39. The molecule has 1 fully saturated rings. The lowest BCUT2D eigenvalue weighted by Crippen LogP contribution is -2.41. The molecule has 70 valence electrons. The summed E-state index contributed by atoms with van der Waals surface area (Å²) < 4.78 is 11.3. The molecule has 0 atom stereocenters. The van der Waals surface area contributed by atoms with Gasteiger partial charge in [-0.2, -0.15) is 0 Å². The molecule has 1 rings (SSSR count). The van der Waals surface area contributed by atoms with Crippen LogP contribution in [-0.2, 0) is 9.31 Å². The Labute approximate surface area is 79.0 Å². The summed E-state index contributed by atoms with van der Waals surface area (Å²) in [7, 11) is -0.243. The smallest absolute Gasteiger partial charge is 0.402 e. The van der Waals surface area contributed by atoms with Crippen molar-refractivity contribution in [3.05, 3.63) is 0 Å². The molecular weight excluding hydrogens is 176 g/mol. The summed E-state index contributed by atoms with van der Waals surface area (Å²) >= 11 is 5.36. The van der Waals surface area contributed by atoms with Gasteiger partial charge in [0.05, 0.1) is 11.2 Å². The van der Waals surface area contributed by atoms with Crippen LogP contribution < -0.4 is 4.84 Å². The zero-order chi connectivity index (χ0) is 9.41. The van der Waals surface area contributed by atoms with E-state index in [4.69, 9.17) is 21.1 Å². The molecule has 0 radical (unpaired) electrons. The minimum atomic E-state index is -0.259. The maximum absolute atomic E-state index is 5.64. The highest BCUT2D eigenvalue weighted by atomic mass is 35.5. The summed E-state index contributed by atoms with van der Waals surface area (Å²) in [5.41, 5.74) is -0.517. The second-order valence-electron chi connectivity index (χ2n) is 4.02. The van der Waals surface area contributed by atoms with E-state index >= 15 is 0 Å². The number of rotatable bonds is 2. The van der Waals surface area contributed by atoms with Gasteiger partial charge in [0, 0.05) is 6.44 Å². The Bertz CT molecular complexity index is 159. The minimum Gasteiger partial charge on any atom is -0.402 e. The van der Waals surface area contributed by atoms with Crippen molar-refractivity contribution in [3.8, 4) is 0 Å². The van der Waals surface area contributed by atoms with Crippen LogP contribution in [0.2, 0.25) is 0 Å². The third kappa shape index (κ3) is 1.77. The number of hydrogen-bond donors (Lipinski definition) is 1. The zero-order valence-electron chi connectivity index (χ0n) is 7.98. The molecule has 0 aromatic heterocycles. The molecule has 1 aliphatic rings. The first-order valence-corrected chi connectivity index (χ1v) is 4.46. The Morgan fingerprint density at radius 1 is 1.17 bits per heavy atom. The molecule has 5 heteroatoms. The fourth-order valence-corrected chi connectivity index (χ4v) is 1.24. The third-order valence-electron chi connectivity index (χ3n) is 2.55. The van der Waals surface area contributed by atoms with E-state index in [0.717, 1.165) is 0 Å². The van der Waals surface area contributed by atoms with Gasteiger partial charge >= 0.3 is 7.12 Å². The minimum absolute atomic E-state index is 0.243. The highest BCUT2D eigenvalue weighted by molar-refractivity contribution is 6.46. The van der Waals surface area contributed by atoms with Gasteiger partial charge in [0.1, 0.15) is 0 Å². The first kappa shape index (κ1) is 10.3. The van der Waals surface area contributed by atoms with Gasteiger partial charge in [-0.1, -0.05) is 0 Å². The summed E-state index contributed by atoms with van der Waals surface area (Å²) in [5.74, 6) is 0. The molecule has 1 saturated heterocycles. The van der Waals surface area contributed by atoms with Crippen molar-refractivity contribution < 1.29 is 9.31 Å². The molecule has 0 bridgehead atoms. The molecule has 0 aliphatic carbocycles. The topological polar surface area (TPSA) is 30.5 Å².